The van der Waals surface area contributed by atoms with Crippen molar-refractivity contribution in [2.24, 2.45) is 0 Å². The first-order valence-corrected chi connectivity index (χ1v) is 9.72. The Kier molecular flexibility index (Phi) is 5.74. The SMILES string of the molecule is O=C(CCCOc1ccc2c(c1)CCC(=O)N2)Nc1ccc(-n2ccnc2)c(F)c1. The van der Waals surface area contributed by atoms with Crippen LogP contribution in [0.25, 0.3) is 5.69 Å². The molecule has 30 heavy (non-hydrogen) atoms. The van der Waals surface area contributed by atoms with Crippen molar-refractivity contribution in [3.05, 3.63) is 66.5 Å². The Hall–Kier alpha value is -3.68. The second kappa shape index (κ2) is 8.77. The predicted molar refractivity (Wildman–Crippen MR) is 110 cm³/mol. The molecule has 7 nitrogen and oxygen atoms in total. The van der Waals surface area contributed by atoms with Gasteiger partial charge in [-0.3, -0.25) is 9.59 Å². The van der Waals surface area contributed by atoms with Crippen LogP contribution in [0.1, 0.15) is 24.8 Å². The zero-order valence-electron chi connectivity index (χ0n) is 16.2. The van der Waals surface area contributed by atoms with E-state index in [2.05, 4.69) is 15.6 Å². The number of aromatic nitrogens is 2. The Morgan fingerprint density at radius 2 is 2.13 bits per heavy atom. The van der Waals surface area contributed by atoms with E-state index in [-0.39, 0.29) is 18.2 Å². The molecule has 154 valence electrons. The quantitative estimate of drug-likeness (QED) is 0.584. The molecule has 0 aliphatic carbocycles. The number of carbonyl (C=O) groups is 2. The largest absolute Gasteiger partial charge is 0.494 e. The minimum absolute atomic E-state index is 0.0263. The highest BCUT2D eigenvalue weighted by atomic mass is 19.1. The molecule has 0 bridgehead atoms. The third kappa shape index (κ3) is 4.65. The van der Waals surface area contributed by atoms with E-state index in [1.807, 2.05) is 12.1 Å². The average Bonchev–Trinajstić information content (AvgIpc) is 3.26. The number of imidazole rings is 1. The molecule has 1 aliphatic heterocycles. The molecule has 8 heteroatoms. The fraction of sp³-hybridized carbons (Fsp3) is 0.227. The molecular weight excluding hydrogens is 387 g/mol. The highest BCUT2D eigenvalue weighted by Gasteiger charge is 2.15. The van der Waals surface area contributed by atoms with Gasteiger partial charge in [0.1, 0.15) is 11.6 Å². The molecule has 0 radical (unpaired) electrons. The molecule has 0 fully saturated rings. The molecular formula is C22H21FN4O3. The number of carbonyl (C=O) groups excluding carboxylic acids is 2. The van der Waals surface area contributed by atoms with Gasteiger partial charge in [0.2, 0.25) is 11.8 Å². The molecule has 0 saturated carbocycles. The lowest BCUT2D eigenvalue weighted by Crippen LogP contribution is -2.18. The third-order valence-electron chi connectivity index (χ3n) is 4.80. The van der Waals surface area contributed by atoms with Crippen molar-refractivity contribution in [1.29, 1.82) is 0 Å². The number of ether oxygens (including phenoxy) is 1. The van der Waals surface area contributed by atoms with Crippen molar-refractivity contribution in [3.63, 3.8) is 0 Å². The van der Waals surface area contributed by atoms with Gasteiger partial charge in [-0.25, -0.2) is 9.37 Å². The van der Waals surface area contributed by atoms with Crippen molar-refractivity contribution in [1.82, 2.24) is 9.55 Å². The molecule has 0 unspecified atom stereocenters. The summed E-state index contributed by atoms with van der Waals surface area (Å²) in [6, 6.07) is 10.1. The first-order valence-electron chi connectivity index (χ1n) is 9.72. The third-order valence-corrected chi connectivity index (χ3v) is 4.80. The maximum Gasteiger partial charge on any atom is 0.224 e. The Balaban J connectivity index is 1.24. The van der Waals surface area contributed by atoms with Gasteiger partial charge in [-0.15, -0.1) is 0 Å². The van der Waals surface area contributed by atoms with Crippen molar-refractivity contribution in [3.8, 4) is 11.4 Å². The Morgan fingerprint density at radius 1 is 1.23 bits per heavy atom. The van der Waals surface area contributed by atoms with Gasteiger partial charge in [0.15, 0.2) is 0 Å². The van der Waals surface area contributed by atoms with Crippen molar-refractivity contribution >= 4 is 23.2 Å². The summed E-state index contributed by atoms with van der Waals surface area (Å²) in [6.45, 7) is 0.381. The van der Waals surface area contributed by atoms with E-state index in [9.17, 15) is 14.0 Å². The van der Waals surface area contributed by atoms with Gasteiger partial charge >= 0.3 is 0 Å². The van der Waals surface area contributed by atoms with E-state index < -0.39 is 5.82 Å². The van der Waals surface area contributed by atoms with Gasteiger partial charge in [0.25, 0.3) is 0 Å². The second-order valence-electron chi connectivity index (χ2n) is 7.00. The predicted octanol–water partition coefficient (Wildman–Crippen LogP) is 3.69. The van der Waals surface area contributed by atoms with Crippen LogP contribution in [-0.2, 0) is 16.0 Å². The number of anilines is 2. The normalized spacial score (nSPS) is 12.8. The molecule has 0 spiro atoms. The summed E-state index contributed by atoms with van der Waals surface area (Å²) in [5.41, 5.74) is 2.64. The maximum absolute atomic E-state index is 14.3. The zero-order chi connectivity index (χ0) is 20.9. The standard InChI is InChI=1S/C22H21FN4O3/c23-18-13-16(4-7-20(18)27-10-9-24-14-27)25-21(28)2-1-11-30-17-5-6-19-15(12-17)3-8-22(29)26-19/h4-7,9-10,12-14H,1-3,8,11H2,(H,25,28)(H,26,29). The Labute approximate surface area is 172 Å². The fourth-order valence-electron chi connectivity index (χ4n) is 3.29. The van der Waals surface area contributed by atoms with Crippen molar-refractivity contribution in [2.75, 3.05) is 17.2 Å². The maximum atomic E-state index is 14.3. The molecule has 2 N–H and O–H groups in total. The monoisotopic (exact) mass is 408 g/mol. The molecule has 2 aromatic carbocycles. The lowest BCUT2D eigenvalue weighted by atomic mass is 10.0. The summed E-state index contributed by atoms with van der Waals surface area (Å²) in [7, 11) is 0. The Morgan fingerprint density at radius 3 is 2.93 bits per heavy atom. The number of benzene rings is 2. The van der Waals surface area contributed by atoms with E-state index in [1.54, 1.807) is 35.2 Å². The molecule has 1 aliphatic rings. The van der Waals surface area contributed by atoms with Crippen LogP contribution in [0.3, 0.4) is 0 Å². The molecule has 0 saturated heterocycles. The summed E-state index contributed by atoms with van der Waals surface area (Å²) >= 11 is 0. The lowest BCUT2D eigenvalue weighted by Gasteiger charge is -2.17. The highest BCUT2D eigenvalue weighted by molar-refractivity contribution is 5.94. The van der Waals surface area contributed by atoms with E-state index >= 15 is 0 Å². The van der Waals surface area contributed by atoms with Gasteiger partial charge in [-0.05, 0) is 54.8 Å². The summed E-state index contributed by atoms with van der Waals surface area (Å²) in [4.78, 5) is 27.4. The van der Waals surface area contributed by atoms with Crippen molar-refractivity contribution < 1.29 is 18.7 Å². The minimum atomic E-state index is -0.447. The van der Waals surface area contributed by atoms with Gasteiger partial charge in [0, 0.05) is 36.6 Å². The van der Waals surface area contributed by atoms with E-state index in [0.717, 1.165) is 11.3 Å². The molecule has 2 amide bonds. The zero-order valence-corrected chi connectivity index (χ0v) is 16.2. The van der Waals surface area contributed by atoms with Crippen LogP contribution >= 0.6 is 0 Å². The van der Waals surface area contributed by atoms with Gasteiger partial charge in [0.05, 0.1) is 18.6 Å². The lowest BCUT2D eigenvalue weighted by molar-refractivity contribution is -0.117. The van der Waals surface area contributed by atoms with Crippen LogP contribution < -0.4 is 15.4 Å². The first-order chi connectivity index (χ1) is 14.6. The van der Waals surface area contributed by atoms with Gasteiger partial charge < -0.3 is 19.9 Å². The molecule has 2 heterocycles. The average molecular weight is 408 g/mol. The van der Waals surface area contributed by atoms with Crippen LogP contribution in [0, 0.1) is 5.82 Å². The number of nitrogens with one attached hydrogen (secondary N) is 2. The molecule has 3 aromatic rings. The highest BCUT2D eigenvalue weighted by Crippen LogP contribution is 2.27. The number of hydrogen-bond acceptors (Lipinski definition) is 4. The number of halogens is 1. The second-order valence-corrected chi connectivity index (χ2v) is 7.00. The molecule has 1 aromatic heterocycles. The first kappa shape index (κ1) is 19.6. The fourth-order valence-corrected chi connectivity index (χ4v) is 3.29. The van der Waals surface area contributed by atoms with Crippen LogP contribution in [0.2, 0.25) is 0 Å². The number of aryl methyl sites for hydroxylation is 1. The van der Waals surface area contributed by atoms with Crippen LogP contribution in [0.5, 0.6) is 5.75 Å². The van der Waals surface area contributed by atoms with E-state index in [0.29, 0.717) is 43.0 Å². The molecule has 0 atom stereocenters. The summed E-state index contributed by atoms with van der Waals surface area (Å²) in [5.74, 6) is 0.0835. The van der Waals surface area contributed by atoms with Crippen molar-refractivity contribution in [2.45, 2.75) is 25.7 Å². The van der Waals surface area contributed by atoms with E-state index in [4.69, 9.17) is 4.74 Å². The van der Waals surface area contributed by atoms with Gasteiger partial charge in [-0.2, -0.15) is 0 Å². The Bertz CT molecular complexity index is 1070. The number of hydrogen-bond donors (Lipinski definition) is 2. The van der Waals surface area contributed by atoms with Crippen LogP contribution in [-0.4, -0.2) is 28.0 Å². The van der Waals surface area contributed by atoms with E-state index in [1.165, 1.54) is 12.4 Å². The number of amides is 2. The number of nitrogens with zero attached hydrogens (tertiary/aromatic N) is 2. The smallest absolute Gasteiger partial charge is 0.224 e. The number of fused-ring (bicyclic) bond motifs is 1. The summed E-state index contributed by atoms with van der Waals surface area (Å²) in [5, 5.41) is 5.53. The minimum Gasteiger partial charge on any atom is -0.494 e. The van der Waals surface area contributed by atoms with Crippen LogP contribution in [0.4, 0.5) is 15.8 Å². The summed E-state index contributed by atoms with van der Waals surface area (Å²) in [6.07, 6.45) is 6.67. The van der Waals surface area contributed by atoms with Crippen LogP contribution in [0.15, 0.2) is 55.1 Å². The van der Waals surface area contributed by atoms with Gasteiger partial charge in [-0.1, -0.05) is 0 Å². The molecule has 4 rings (SSSR count). The topological polar surface area (TPSA) is 85.3 Å². The number of rotatable bonds is 7. The summed E-state index contributed by atoms with van der Waals surface area (Å²) < 4.78 is 21.5.